The molecule has 5 rings (SSSR count). The number of benzene rings is 2. The highest BCUT2D eigenvalue weighted by molar-refractivity contribution is 5.90. The molecule has 2 bridgehead atoms. The fourth-order valence-electron chi connectivity index (χ4n) is 5.75. The van der Waals surface area contributed by atoms with Crippen LogP contribution in [-0.2, 0) is 19.1 Å². The van der Waals surface area contributed by atoms with E-state index >= 15 is 0 Å². The fourth-order valence-corrected chi connectivity index (χ4v) is 5.75. The number of fused-ring (bicyclic) bond motifs is 2. The molecular formula is C30H36O12. The Morgan fingerprint density at radius 3 is 2.24 bits per heavy atom. The number of carbonyl (C=O) groups is 2. The van der Waals surface area contributed by atoms with Gasteiger partial charge in [-0.2, -0.15) is 0 Å². The van der Waals surface area contributed by atoms with Crippen LogP contribution in [0.5, 0.6) is 34.5 Å². The van der Waals surface area contributed by atoms with Crippen LogP contribution in [0, 0.1) is 11.8 Å². The molecule has 2 aliphatic heterocycles. The summed E-state index contributed by atoms with van der Waals surface area (Å²) >= 11 is 0. The average Bonchev–Trinajstić information content (AvgIpc) is 3.42. The number of methoxy groups -OCH3 is 3. The molecular weight excluding hydrogens is 552 g/mol. The Morgan fingerprint density at radius 2 is 1.62 bits per heavy atom. The summed E-state index contributed by atoms with van der Waals surface area (Å²) in [4.78, 5) is 26.2. The van der Waals surface area contributed by atoms with Gasteiger partial charge >= 0.3 is 11.9 Å². The molecule has 2 aromatic rings. The van der Waals surface area contributed by atoms with Crippen LogP contribution in [0.4, 0.5) is 0 Å². The Hall–Kier alpha value is -3.90. The lowest BCUT2D eigenvalue weighted by Gasteiger charge is -2.44. The first kappa shape index (κ1) is 29.6. The maximum atomic E-state index is 13.7. The van der Waals surface area contributed by atoms with Crippen molar-refractivity contribution in [3.8, 4) is 45.6 Å². The van der Waals surface area contributed by atoms with Crippen molar-refractivity contribution >= 4 is 11.9 Å². The highest BCUT2D eigenvalue weighted by Crippen LogP contribution is 2.61. The van der Waals surface area contributed by atoms with Crippen molar-refractivity contribution in [2.75, 3.05) is 34.7 Å². The molecule has 0 saturated carbocycles. The van der Waals surface area contributed by atoms with E-state index in [0.29, 0.717) is 22.4 Å². The van der Waals surface area contributed by atoms with Crippen molar-refractivity contribution in [2.45, 2.75) is 58.0 Å². The Morgan fingerprint density at radius 1 is 0.929 bits per heavy atom. The third kappa shape index (κ3) is 4.35. The van der Waals surface area contributed by atoms with Gasteiger partial charge in [0, 0.05) is 41.0 Å². The maximum Gasteiger partial charge on any atom is 0.338 e. The third-order valence-electron chi connectivity index (χ3n) is 8.62. The van der Waals surface area contributed by atoms with Gasteiger partial charge in [-0.1, -0.05) is 13.8 Å². The molecule has 2 N–H and O–H groups in total. The molecule has 3 aliphatic rings. The van der Waals surface area contributed by atoms with Crippen molar-refractivity contribution in [3.05, 3.63) is 23.3 Å². The van der Waals surface area contributed by atoms with E-state index in [-0.39, 0.29) is 47.7 Å². The number of aliphatic hydroxyl groups is 2. The first-order chi connectivity index (χ1) is 19.8. The zero-order valence-electron chi connectivity index (χ0n) is 24.9. The Balaban J connectivity index is 2.04. The van der Waals surface area contributed by atoms with Gasteiger partial charge in [0.25, 0.3) is 0 Å². The van der Waals surface area contributed by atoms with Gasteiger partial charge in [0.1, 0.15) is 11.7 Å². The minimum Gasteiger partial charge on any atom is -0.493 e. The highest BCUT2D eigenvalue weighted by Gasteiger charge is 2.53. The minimum atomic E-state index is -2.02. The highest BCUT2D eigenvalue weighted by atomic mass is 16.7. The standard InChI is InChI=1S/C30H36O12/c1-13-11-38-26-20-16(9-19-24(26)40-12-39-19)22(41-15(3)31)14(2)30(5,34)27(42-28(32)29(13,4)33)17-10-18(35-6)23(36-7)25(37-8)21(17)20/h9-10,13-14,22,27,33-34H,11-12H2,1-8H3. The van der Waals surface area contributed by atoms with Crippen LogP contribution in [0.15, 0.2) is 12.1 Å². The van der Waals surface area contributed by atoms with E-state index in [9.17, 15) is 19.8 Å². The second-order valence-corrected chi connectivity index (χ2v) is 11.2. The summed E-state index contributed by atoms with van der Waals surface area (Å²) in [6, 6.07) is 3.26. The molecule has 1 aliphatic carbocycles. The normalized spacial score (nSPS) is 29.6. The van der Waals surface area contributed by atoms with E-state index in [2.05, 4.69) is 0 Å². The zero-order valence-corrected chi connectivity index (χ0v) is 24.9. The molecule has 0 fully saturated rings. The molecule has 6 unspecified atom stereocenters. The lowest BCUT2D eigenvalue weighted by Crippen LogP contribution is -2.50. The van der Waals surface area contributed by atoms with E-state index in [1.807, 2.05) is 0 Å². The summed E-state index contributed by atoms with van der Waals surface area (Å²) in [6.45, 7) is 7.13. The maximum absolute atomic E-state index is 13.7. The first-order valence-corrected chi connectivity index (χ1v) is 13.5. The number of hydrogen-bond acceptors (Lipinski definition) is 12. The van der Waals surface area contributed by atoms with Crippen molar-refractivity contribution in [1.82, 2.24) is 0 Å². The van der Waals surface area contributed by atoms with E-state index in [4.69, 9.17) is 37.9 Å². The van der Waals surface area contributed by atoms with Crippen molar-refractivity contribution in [1.29, 1.82) is 0 Å². The number of carbonyl (C=O) groups excluding carboxylic acids is 2. The lowest BCUT2D eigenvalue weighted by atomic mass is 9.71. The largest absolute Gasteiger partial charge is 0.493 e. The molecule has 0 saturated heterocycles. The van der Waals surface area contributed by atoms with Crippen LogP contribution < -0.4 is 28.4 Å². The van der Waals surface area contributed by atoms with Gasteiger partial charge in [-0.15, -0.1) is 0 Å². The molecule has 228 valence electrons. The van der Waals surface area contributed by atoms with Gasteiger partial charge < -0.3 is 48.1 Å². The third-order valence-corrected chi connectivity index (χ3v) is 8.62. The summed E-state index contributed by atoms with van der Waals surface area (Å²) < 4.78 is 47.2. The second-order valence-electron chi connectivity index (χ2n) is 11.2. The van der Waals surface area contributed by atoms with E-state index in [1.54, 1.807) is 26.0 Å². The molecule has 12 nitrogen and oxygen atoms in total. The summed E-state index contributed by atoms with van der Waals surface area (Å²) in [5, 5.41) is 23.7. The van der Waals surface area contributed by atoms with E-state index in [0.717, 1.165) is 0 Å². The summed E-state index contributed by atoms with van der Waals surface area (Å²) in [5.41, 5.74) is -2.52. The first-order valence-electron chi connectivity index (χ1n) is 13.5. The molecule has 12 heteroatoms. The van der Waals surface area contributed by atoms with Crippen LogP contribution >= 0.6 is 0 Å². The topological polar surface area (TPSA) is 148 Å². The Labute approximate surface area is 243 Å². The zero-order chi connectivity index (χ0) is 30.7. The number of ether oxygens (including phenoxy) is 8. The second kappa shape index (κ2) is 10.4. The SMILES string of the molecule is COc1cc2c(c(OC)c1OC)-c1c3cc4c(c1OCC(C)C(C)(O)C(=O)OC2C(C)(O)C(C)C3OC(C)=O)OCO4. The minimum absolute atomic E-state index is 0.104. The molecule has 2 aromatic carbocycles. The van der Waals surface area contributed by atoms with Crippen molar-refractivity contribution < 1.29 is 57.7 Å². The molecule has 2 heterocycles. The van der Waals surface area contributed by atoms with Crippen molar-refractivity contribution in [3.63, 3.8) is 0 Å². The smallest absolute Gasteiger partial charge is 0.338 e. The average molecular weight is 589 g/mol. The molecule has 6 atom stereocenters. The molecule has 0 aromatic heterocycles. The predicted molar refractivity (Wildman–Crippen MR) is 146 cm³/mol. The van der Waals surface area contributed by atoms with Gasteiger partial charge in [-0.25, -0.2) is 4.79 Å². The summed E-state index contributed by atoms with van der Waals surface area (Å²) in [5.74, 6) is -1.85. The summed E-state index contributed by atoms with van der Waals surface area (Å²) in [7, 11) is 4.31. The lowest BCUT2D eigenvalue weighted by molar-refractivity contribution is -0.201. The van der Waals surface area contributed by atoms with Crippen LogP contribution in [0.2, 0.25) is 0 Å². The number of hydrogen-bond donors (Lipinski definition) is 2. The fraction of sp³-hybridized carbons (Fsp3) is 0.533. The van der Waals surface area contributed by atoms with Crippen LogP contribution in [0.25, 0.3) is 11.1 Å². The van der Waals surface area contributed by atoms with Gasteiger partial charge in [-0.3, -0.25) is 4.79 Å². The van der Waals surface area contributed by atoms with Gasteiger partial charge in [0.2, 0.25) is 18.3 Å². The quantitative estimate of drug-likeness (QED) is 0.504. The number of esters is 2. The van der Waals surface area contributed by atoms with Gasteiger partial charge in [0.05, 0.1) is 27.9 Å². The van der Waals surface area contributed by atoms with Gasteiger partial charge in [0.15, 0.2) is 34.7 Å². The molecule has 0 amide bonds. The Bertz CT molecular complexity index is 1430. The van der Waals surface area contributed by atoms with E-state index in [1.165, 1.54) is 42.1 Å². The van der Waals surface area contributed by atoms with Crippen LogP contribution in [0.3, 0.4) is 0 Å². The van der Waals surface area contributed by atoms with Crippen molar-refractivity contribution in [2.24, 2.45) is 11.8 Å². The van der Waals surface area contributed by atoms with Crippen LogP contribution in [0.1, 0.15) is 58.0 Å². The molecule has 0 spiro atoms. The summed E-state index contributed by atoms with van der Waals surface area (Å²) in [6.07, 6.45) is -2.51. The monoisotopic (exact) mass is 588 g/mol. The Kier molecular flexibility index (Phi) is 7.34. The van der Waals surface area contributed by atoms with Gasteiger partial charge in [-0.05, 0) is 26.0 Å². The predicted octanol–water partition coefficient (Wildman–Crippen LogP) is 3.48. The molecule has 42 heavy (non-hydrogen) atoms. The molecule has 0 radical (unpaired) electrons. The van der Waals surface area contributed by atoms with Crippen LogP contribution in [-0.4, -0.2) is 68.1 Å². The number of rotatable bonds is 4. The van der Waals surface area contributed by atoms with E-state index < -0.39 is 47.2 Å².